The summed E-state index contributed by atoms with van der Waals surface area (Å²) in [5.74, 6) is 0. The number of benzene rings is 1. The first-order chi connectivity index (χ1) is 13.3. The Bertz CT molecular complexity index is 805. The molecule has 0 aromatic heterocycles. The molecule has 5 heteroatoms. The van der Waals surface area contributed by atoms with Gasteiger partial charge in [0.15, 0.2) is 0 Å². The second-order valence-corrected chi connectivity index (χ2v) is 34.6. The standard InChI is InChI=1S/C26H47Br2PSi2/c1-22(2,3)18-16-19(23(4,5)6)21(20(17-18)24(7,8)9)29-25(27,28)26(29,30(10,11)12)31(13,14)15/h16-17H,1-15H3/p+1. The van der Waals surface area contributed by atoms with Crippen molar-refractivity contribution >= 4 is 61.2 Å². The van der Waals surface area contributed by atoms with Crippen LogP contribution in [0.4, 0.5) is 0 Å². The summed E-state index contributed by atoms with van der Waals surface area (Å²) < 4.78 is 0.538. The summed E-state index contributed by atoms with van der Waals surface area (Å²) >= 11 is 8.75. The van der Waals surface area contributed by atoms with Crippen LogP contribution < -0.4 is 5.30 Å². The molecule has 0 amide bonds. The van der Waals surface area contributed by atoms with Crippen molar-refractivity contribution in [3.05, 3.63) is 28.8 Å². The molecule has 1 unspecified atom stereocenters. The third kappa shape index (κ3) is 4.53. The predicted molar refractivity (Wildman–Crippen MR) is 160 cm³/mol. The van der Waals surface area contributed by atoms with E-state index in [2.05, 4.69) is 146 Å². The molecule has 1 saturated heterocycles. The lowest BCUT2D eigenvalue weighted by Gasteiger charge is -2.37. The van der Waals surface area contributed by atoms with Gasteiger partial charge in [-0.2, -0.15) is 0 Å². The van der Waals surface area contributed by atoms with E-state index in [4.69, 9.17) is 0 Å². The van der Waals surface area contributed by atoms with E-state index in [0.29, 0.717) is 4.40 Å². The van der Waals surface area contributed by atoms with Crippen LogP contribution in [-0.2, 0) is 16.2 Å². The van der Waals surface area contributed by atoms with Gasteiger partial charge in [-0.3, -0.25) is 0 Å². The highest BCUT2D eigenvalue weighted by Gasteiger charge is 2.92. The van der Waals surface area contributed by atoms with Gasteiger partial charge >= 0.3 is 0 Å². The predicted octanol–water partition coefficient (Wildman–Crippen LogP) is 9.37. The van der Waals surface area contributed by atoms with Gasteiger partial charge in [0, 0.05) is 11.1 Å². The molecule has 0 radical (unpaired) electrons. The van der Waals surface area contributed by atoms with Gasteiger partial charge in [-0.1, -0.05) is 114 Å². The van der Waals surface area contributed by atoms with E-state index in [9.17, 15) is 0 Å². The molecule has 178 valence electrons. The molecule has 1 aliphatic rings. The Morgan fingerprint density at radius 3 is 1.16 bits per heavy atom. The van der Waals surface area contributed by atoms with Crippen LogP contribution in [0.5, 0.6) is 0 Å². The minimum atomic E-state index is -1.49. The lowest BCUT2D eigenvalue weighted by Crippen LogP contribution is -2.59. The second-order valence-electron chi connectivity index (χ2n) is 14.9. The fraction of sp³-hybridized carbons (Fsp3) is 0.769. The van der Waals surface area contributed by atoms with Crippen molar-refractivity contribution in [2.24, 2.45) is 0 Å². The molecule has 0 saturated carbocycles. The van der Waals surface area contributed by atoms with Crippen molar-refractivity contribution in [1.82, 2.24) is 0 Å². The molecule has 2 rings (SSSR count). The molecular formula is C26H48Br2PSi2+. The maximum atomic E-state index is 4.38. The average molecular weight is 608 g/mol. The Labute approximate surface area is 214 Å². The SMILES string of the molecule is CC(C)(C)c1cc(C(C)(C)C)c([PH+]2C(Br)(Br)C2([Si](C)(C)C)[Si](C)(C)C)c(C(C)(C)C)c1. The van der Waals surface area contributed by atoms with Gasteiger partial charge in [0.25, 0.3) is 0 Å². The van der Waals surface area contributed by atoms with Gasteiger partial charge in [-0.15, -0.1) is 0 Å². The van der Waals surface area contributed by atoms with Gasteiger partial charge < -0.3 is 0 Å². The molecule has 1 heterocycles. The number of alkyl halides is 2. The highest BCUT2D eigenvalue weighted by molar-refractivity contribution is 9.28. The van der Waals surface area contributed by atoms with E-state index >= 15 is 0 Å². The van der Waals surface area contributed by atoms with Crippen molar-refractivity contribution < 1.29 is 0 Å². The van der Waals surface area contributed by atoms with Crippen molar-refractivity contribution in [3.63, 3.8) is 0 Å². The lowest BCUT2D eigenvalue weighted by molar-refractivity contribution is 0.553. The van der Waals surface area contributed by atoms with E-state index in [1.165, 1.54) is 5.56 Å². The topological polar surface area (TPSA) is 0 Å². The van der Waals surface area contributed by atoms with Gasteiger partial charge in [0.2, 0.25) is 2.97 Å². The normalized spacial score (nSPS) is 21.9. The molecule has 1 fully saturated rings. The summed E-state index contributed by atoms with van der Waals surface area (Å²) in [7, 11) is -3.86. The molecular weight excluding hydrogens is 559 g/mol. The number of hydrogen-bond donors (Lipinski definition) is 0. The van der Waals surface area contributed by atoms with Gasteiger partial charge in [0.1, 0.15) is 25.9 Å². The molecule has 0 nitrogen and oxygen atoms in total. The van der Waals surface area contributed by atoms with Gasteiger partial charge in [0.05, 0.1) is 7.92 Å². The molecule has 0 spiro atoms. The third-order valence-corrected chi connectivity index (χ3v) is 32.1. The molecule has 1 aromatic rings. The first-order valence-electron chi connectivity index (χ1n) is 11.8. The maximum Gasteiger partial charge on any atom is 0.220 e. The zero-order valence-electron chi connectivity index (χ0n) is 22.9. The number of hydrogen-bond acceptors (Lipinski definition) is 0. The molecule has 0 N–H and O–H groups in total. The molecule has 0 bridgehead atoms. The maximum absolute atomic E-state index is 4.38. The molecule has 0 aliphatic carbocycles. The van der Waals surface area contributed by atoms with Gasteiger partial charge in [-0.05, 0) is 53.7 Å². The molecule has 1 aliphatic heterocycles. The van der Waals surface area contributed by atoms with Crippen molar-refractivity contribution in [2.75, 3.05) is 0 Å². The van der Waals surface area contributed by atoms with Crippen molar-refractivity contribution in [2.45, 2.75) is 125 Å². The second kappa shape index (κ2) is 7.77. The fourth-order valence-corrected chi connectivity index (χ4v) is 43.3. The minimum Gasteiger partial charge on any atom is -0.0659 e. The average Bonchev–Trinajstić information content (AvgIpc) is 3.00. The summed E-state index contributed by atoms with van der Waals surface area (Å²) in [6, 6.07) is 5.16. The first-order valence-corrected chi connectivity index (χ1v) is 21.9. The zero-order valence-corrected chi connectivity index (χ0v) is 29.1. The Kier molecular flexibility index (Phi) is 7.09. The Morgan fingerprint density at radius 2 is 0.968 bits per heavy atom. The van der Waals surface area contributed by atoms with Crippen LogP contribution in [0.3, 0.4) is 0 Å². The smallest absolute Gasteiger partial charge is 0.0659 e. The van der Waals surface area contributed by atoms with Crippen LogP contribution in [0, 0.1) is 0 Å². The monoisotopic (exact) mass is 605 g/mol. The van der Waals surface area contributed by atoms with Gasteiger partial charge in [-0.25, -0.2) is 0 Å². The summed E-state index contributed by atoms with van der Waals surface area (Å²) in [6.45, 7) is 37.3. The molecule has 1 aromatic carbocycles. The fourth-order valence-electron chi connectivity index (χ4n) is 6.03. The summed E-state index contributed by atoms with van der Waals surface area (Å²) in [5.41, 5.74) is 5.07. The largest absolute Gasteiger partial charge is 0.220 e. The van der Waals surface area contributed by atoms with E-state index in [1.54, 1.807) is 16.4 Å². The molecule has 1 atom stereocenters. The zero-order chi connectivity index (χ0) is 24.8. The van der Waals surface area contributed by atoms with E-state index in [-0.39, 0.29) is 19.2 Å². The Hall–Kier alpha value is 1.04. The Morgan fingerprint density at radius 1 is 0.645 bits per heavy atom. The lowest BCUT2D eigenvalue weighted by atomic mass is 9.75. The number of halogens is 2. The summed E-state index contributed by atoms with van der Waals surface area (Å²) in [6.07, 6.45) is 0. The number of rotatable bonds is 3. The van der Waals surface area contributed by atoms with Crippen LogP contribution in [0.1, 0.15) is 79.0 Å². The Balaban J connectivity index is 3.07. The highest BCUT2D eigenvalue weighted by Crippen LogP contribution is 2.92. The first kappa shape index (κ1) is 28.3. The third-order valence-electron chi connectivity index (χ3n) is 7.22. The quantitative estimate of drug-likeness (QED) is 0.183. The van der Waals surface area contributed by atoms with Crippen molar-refractivity contribution in [1.29, 1.82) is 0 Å². The van der Waals surface area contributed by atoms with Crippen LogP contribution >= 0.6 is 39.8 Å². The summed E-state index contributed by atoms with van der Waals surface area (Å²) in [4.78, 5) is 0. The van der Waals surface area contributed by atoms with E-state index in [0.717, 1.165) is 0 Å². The van der Waals surface area contributed by atoms with Crippen LogP contribution in [-0.4, -0.2) is 23.5 Å². The van der Waals surface area contributed by atoms with Crippen molar-refractivity contribution in [3.8, 4) is 0 Å². The minimum absolute atomic E-state index is 0.0931. The molecule has 31 heavy (non-hydrogen) atoms. The van der Waals surface area contributed by atoms with Crippen LogP contribution in [0.15, 0.2) is 12.1 Å². The van der Waals surface area contributed by atoms with E-state index in [1.807, 2.05) is 0 Å². The highest BCUT2D eigenvalue weighted by atomic mass is 79.9. The van der Waals surface area contributed by atoms with Crippen LogP contribution in [0.25, 0.3) is 0 Å². The van der Waals surface area contributed by atoms with E-state index < -0.39 is 24.1 Å². The summed E-state index contributed by atoms with van der Waals surface area (Å²) in [5, 5.41) is 1.73. The van der Waals surface area contributed by atoms with Crippen LogP contribution in [0.2, 0.25) is 39.3 Å².